The van der Waals surface area contributed by atoms with Gasteiger partial charge in [0.2, 0.25) is 0 Å². The average Bonchev–Trinajstić information content (AvgIpc) is 2.35. The van der Waals surface area contributed by atoms with Crippen molar-refractivity contribution in [3.8, 4) is 5.75 Å². The molecule has 0 unspecified atom stereocenters. The second-order valence-electron chi connectivity index (χ2n) is 3.63. The molecule has 1 aromatic carbocycles. The van der Waals surface area contributed by atoms with Crippen LogP contribution in [-0.2, 0) is 14.9 Å². The SMILES string of the molecule is O=C(O)/C=C\c1cc([N+](=O)[O-])ccc1OS(=O)(=O)C(F)(F)F. The Kier molecular flexibility index (Phi) is 4.76. The predicted octanol–water partition coefficient (Wildman–Crippen LogP) is 1.92. The molecule has 0 aliphatic carbocycles. The summed E-state index contributed by atoms with van der Waals surface area (Å²) in [4.78, 5) is 20.1. The number of nitro groups is 1. The van der Waals surface area contributed by atoms with Crippen LogP contribution in [0.2, 0.25) is 0 Å². The summed E-state index contributed by atoms with van der Waals surface area (Å²) in [5, 5.41) is 19.0. The van der Waals surface area contributed by atoms with Crippen LogP contribution in [0.3, 0.4) is 0 Å². The lowest BCUT2D eigenvalue weighted by Crippen LogP contribution is -2.28. The Labute approximate surface area is 120 Å². The van der Waals surface area contributed by atoms with Gasteiger partial charge in [0, 0.05) is 23.8 Å². The van der Waals surface area contributed by atoms with Gasteiger partial charge in [-0.1, -0.05) is 0 Å². The van der Waals surface area contributed by atoms with Crippen LogP contribution in [0.5, 0.6) is 5.75 Å². The molecule has 0 aromatic heterocycles. The number of nitro benzene ring substituents is 1. The minimum atomic E-state index is -6.00. The van der Waals surface area contributed by atoms with Gasteiger partial charge in [-0.05, 0) is 12.1 Å². The molecule has 8 nitrogen and oxygen atoms in total. The van der Waals surface area contributed by atoms with E-state index in [0.29, 0.717) is 30.4 Å². The van der Waals surface area contributed by atoms with E-state index < -0.39 is 43.5 Å². The first-order chi connectivity index (χ1) is 9.94. The predicted molar refractivity (Wildman–Crippen MR) is 65.4 cm³/mol. The maximum absolute atomic E-state index is 12.2. The Morgan fingerprint density at radius 2 is 1.95 bits per heavy atom. The first-order valence-electron chi connectivity index (χ1n) is 5.14. The highest BCUT2D eigenvalue weighted by Gasteiger charge is 2.48. The van der Waals surface area contributed by atoms with Gasteiger partial charge in [-0.15, -0.1) is 0 Å². The summed E-state index contributed by atoms with van der Waals surface area (Å²) >= 11 is 0. The van der Waals surface area contributed by atoms with Gasteiger partial charge in [0.1, 0.15) is 0 Å². The van der Waals surface area contributed by atoms with Gasteiger partial charge in [0.05, 0.1) is 4.92 Å². The van der Waals surface area contributed by atoms with Gasteiger partial charge in [-0.2, -0.15) is 21.6 Å². The van der Waals surface area contributed by atoms with Crippen molar-refractivity contribution in [2.45, 2.75) is 5.51 Å². The Balaban J connectivity index is 3.35. The van der Waals surface area contributed by atoms with E-state index in [9.17, 15) is 36.5 Å². The first kappa shape index (κ1) is 17.4. The van der Waals surface area contributed by atoms with Gasteiger partial charge < -0.3 is 9.29 Å². The topological polar surface area (TPSA) is 124 Å². The van der Waals surface area contributed by atoms with Gasteiger partial charge in [0.25, 0.3) is 5.69 Å². The zero-order valence-electron chi connectivity index (χ0n) is 10.3. The van der Waals surface area contributed by atoms with Crippen LogP contribution in [0.1, 0.15) is 5.56 Å². The van der Waals surface area contributed by atoms with Crippen molar-refractivity contribution >= 4 is 27.9 Å². The quantitative estimate of drug-likeness (QED) is 0.285. The van der Waals surface area contributed by atoms with E-state index in [2.05, 4.69) is 4.18 Å². The summed E-state index contributed by atoms with van der Waals surface area (Å²) in [6.07, 6.45) is 1.11. The van der Waals surface area contributed by atoms with E-state index in [1.54, 1.807) is 0 Å². The number of nitrogens with zero attached hydrogens (tertiary/aromatic N) is 1. The van der Waals surface area contributed by atoms with Crippen LogP contribution in [0, 0.1) is 10.1 Å². The Morgan fingerprint density at radius 3 is 2.41 bits per heavy atom. The number of hydrogen-bond acceptors (Lipinski definition) is 6. The molecule has 0 radical (unpaired) electrons. The summed E-state index contributed by atoms with van der Waals surface area (Å²) in [6, 6.07) is 1.99. The molecule has 0 saturated heterocycles. The van der Waals surface area contributed by atoms with Crippen LogP contribution in [0.25, 0.3) is 6.08 Å². The number of halogens is 3. The first-order valence-corrected chi connectivity index (χ1v) is 6.55. The minimum absolute atomic E-state index is 0.451. The molecular weight excluding hydrogens is 335 g/mol. The van der Waals surface area contributed by atoms with Gasteiger partial charge in [0.15, 0.2) is 5.75 Å². The molecule has 0 bridgehead atoms. The molecule has 1 aromatic rings. The van der Waals surface area contributed by atoms with Crippen molar-refractivity contribution in [2.24, 2.45) is 0 Å². The lowest BCUT2D eigenvalue weighted by molar-refractivity contribution is -0.384. The smallest absolute Gasteiger partial charge is 0.478 e. The number of rotatable bonds is 5. The molecule has 0 heterocycles. The van der Waals surface area contributed by atoms with E-state index in [1.165, 1.54) is 0 Å². The van der Waals surface area contributed by atoms with Gasteiger partial charge >= 0.3 is 21.6 Å². The molecule has 0 aliphatic heterocycles. The highest BCUT2D eigenvalue weighted by molar-refractivity contribution is 7.88. The van der Waals surface area contributed by atoms with Crippen LogP contribution in [0.15, 0.2) is 24.3 Å². The second kappa shape index (κ2) is 6.01. The summed E-state index contributed by atoms with van der Waals surface area (Å²) in [5.74, 6) is -2.41. The van der Waals surface area contributed by atoms with Gasteiger partial charge in [-0.3, -0.25) is 10.1 Å². The summed E-state index contributed by atoms with van der Waals surface area (Å²) in [7, 11) is -6.00. The third-order valence-electron chi connectivity index (χ3n) is 2.09. The fourth-order valence-corrected chi connectivity index (χ4v) is 1.66. The number of alkyl halides is 3. The number of hydrogen-bond donors (Lipinski definition) is 1. The molecular formula is C10H6F3NO7S. The van der Waals surface area contributed by atoms with E-state index in [4.69, 9.17) is 5.11 Å². The van der Waals surface area contributed by atoms with Crippen molar-refractivity contribution in [3.05, 3.63) is 40.0 Å². The van der Waals surface area contributed by atoms with Crippen LogP contribution < -0.4 is 4.18 Å². The van der Waals surface area contributed by atoms with Crippen molar-refractivity contribution in [2.75, 3.05) is 0 Å². The molecule has 0 saturated carbocycles. The molecule has 0 amide bonds. The number of non-ortho nitro benzene ring substituents is 1. The van der Waals surface area contributed by atoms with E-state index >= 15 is 0 Å². The lowest BCUT2D eigenvalue weighted by Gasteiger charge is -2.11. The van der Waals surface area contributed by atoms with E-state index in [0.717, 1.165) is 0 Å². The molecule has 120 valence electrons. The monoisotopic (exact) mass is 341 g/mol. The van der Waals surface area contributed by atoms with Crippen LogP contribution in [-0.4, -0.2) is 29.9 Å². The van der Waals surface area contributed by atoms with E-state index in [-0.39, 0.29) is 0 Å². The third-order valence-corrected chi connectivity index (χ3v) is 3.06. The molecule has 0 atom stereocenters. The summed E-state index contributed by atoms with van der Waals surface area (Å²) in [6.45, 7) is 0. The normalized spacial score (nSPS) is 12.3. The molecule has 12 heteroatoms. The maximum Gasteiger partial charge on any atom is 0.534 e. The molecule has 0 aliphatic rings. The maximum atomic E-state index is 12.2. The zero-order valence-corrected chi connectivity index (χ0v) is 11.1. The third kappa shape index (κ3) is 4.18. The standard InChI is InChI=1S/C10H6F3NO7S/c11-10(12,13)22(19,20)21-8-3-2-7(14(17)18)5-6(8)1-4-9(15)16/h1-5H,(H,15,16)/b4-1-. The van der Waals surface area contributed by atoms with Crippen molar-refractivity contribution in [3.63, 3.8) is 0 Å². The number of aliphatic carboxylic acids is 1. The molecule has 22 heavy (non-hydrogen) atoms. The Hall–Kier alpha value is -2.63. The molecule has 0 fully saturated rings. The Bertz CT molecular complexity index is 739. The van der Waals surface area contributed by atoms with Gasteiger partial charge in [-0.25, -0.2) is 4.79 Å². The highest BCUT2D eigenvalue weighted by Crippen LogP contribution is 2.31. The Morgan fingerprint density at radius 1 is 1.36 bits per heavy atom. The number of carboxylic acids is 1. The summed E-state index contributed by atoms with van der Waals surface area (Å²) < 4.78 is 62.4. The minimum Gasteiger partial charge on any atom is -0.478 e. The molecule has 0 spiro atoms. The van der Waals surface area contributed by atoms with E-state index in [1.807, 2.05) is 0 Å². The fraction of sp³-hybridized carbons (Fsp3) is 0.100. The van der Waals surface area contributed by atoms with Crippen molar-refractivity contribution < 1.29 is 40.6 Å². The van der Waals surface area contributed by atoms with Crippen LogP contribution >= 0.6 is 0 Å². The average molecular weight is 341 g/mol. The molecule has 1 rings (SSSR count). The number of carboxylic acid groups (broad SMARTS) is 1. The number of benzene rings is 1. The molecule has 1 N–H and O–H groups in total. The van der Waals surface area contributed by atoms with Crippen molar-refractivity contribution in [1.82, 2.24) is 0 Å². The zero-order chi connectivity index (χ0) is 17.1. The lowest BCUT2D eigenvalue weighted by atomic mass is 10.1. The largest absolute Gasteiger partial charge is 0.534 e. The fourth-order valence-electron chi connectivity index (χ4n) is 1.18. The second-order valence-corrected chi connectivity index (χ2v) is 5.17. The highest BCUT2D eigenvalue weighted by atomic mass is 32.2. The van der Waals surface area contributed by atoms with Crippen LogP contribution in [0.4, 0.5) is 18.9 Å². The summed E-state index contributed by atoms with van der Waals surface area (Å²) in [5.41, 5.74) is -6.83. The van der Waals surface area contributed by atoms with Crippen molar-refractivity contribution in [1.29, 1.82) is 0 Å². The number of carbonyl (C=O) groups is 1.